The Balaban J connectivity index is 1.95. The molecule has 6 heteroatoms. The number of hydrogen-bond acceptors (Lipinski definition) is 5. The van der Waals surface area contributed by atoms with Gasteiger partial charge in [0.25, 0.3) is 5.91 Å². The van der Waals surface area contributed by atoms with Crippen LogP contribution in [0.15, 0.2) is 47.0 Å². The third kappa shape index (κ3) is 2.55. The number of hydrogen-bond donors (Lipinski definition) is 1. The van der Waals surface area contributed by atoms with Gasteiger partial charge in [0.2, 0.25) is 0 Å². The van der Waals surface area contributed by atoms with Crippen LogP contribution in [0.5, 0.6) is 5.75 Å². The second-order valence-electron chi connectivity index (χ2n) is 5.51. The molecule has 0 aliphatic heterocycles. The third-order valence-corrected chi connectivity index (χ3v) is 5.04. The topological polar surface area (TPSA) is 64.4 Å². The zero-order valence-corrected chi connectivity index (χ0v) is 14.6. The number of amides is 1. The van der Waals surface area contributed by atoms with E-state index >= 15 is 0 Å². The molecule has 0 spiro atoms. The smallest absolute Gasteiger partial charge is 0.263 e. The number of nitrogens with one attached hydrogen (secondary N) is 1. The molecule has 0 aliphatic rings. The average molecular weight is 352 g/mol. The van der Waals surface area contributed by atoms with Crippen LogP contribution in [0.4, 0.5) is 0 Å². The summed E-state index contributed by atoms with van der Waals surface area (Å²) in [6.07, 6.45) is 1.61. The molecule has 2 heterocycles. The van der Waals surface area contributed by atoms with E-state index in [0.717, 1.165) is 26.9 Å². The number of thiazole rings is 1. The summed E-state index contributed by atoms with van der Waals surface area (Å²) < 4.78 is 11.5. The number of ether oxygens (including phenoxy) is 1. The summed E-state index contributed by atoms with van der Waals surface area (Å²) in [7, 11) is 1.62. The molecule has 0 saturated heterocycles. The predicted molar refractivity (Wildman–Crippen MR) is 99.4 cm³/mol. The second-order valence-corrected chi connectivity index (χ2v) is 6.54. The lowest BCUT2D eigenvalue weighted by atomic mass is 10.1. The molecule has 0 radical (unpaired) electrons. The highest BCUT2D eigenvalue weighted by Crippen LogP contribution is 2.41. The molecule has 0 bridgehead atoms. The zero-order chi connectivity index (χ0) is 17.4. The highest BCUT2D eigenvalue weighted by molar-refractivity contribution is 7.17. The van der Waals surface area contributed by atoms with E-state index < -0.39 is 0 Å². The molecular formula is C19H16N2O3S. The van der Waals surface area contributed by atoms with Crippen LogP contribution in [0.3, 0.4) is 0 Å². The minimum Gasteiger partial charge on any atom is -0.493 e. The van der Waals surface area contributed by atoms with Gasteiger partial charge in [0.15, 0.2) is 11.3 Å². The lowest BCUT2D eigenvalue weighted by molar-refractivity contribution is 0.0959. The summed E-state index contributed by atoms with van der Waals surface area (Å²) in [5, 5.41) is 5.53. The van der Waals surface area contributed by atoms with Crippen molar-refractivity contribution in [1.82, 2.24) is 10.3 Å². The van der Waals surface area contributed by atoms with Gasteiger partial charge in [-0.05, 0) is 25.1 Å². The number of rotatable bonds is 4. The molecule has 126 valence electrons. The molecule has 1 N–H and O–H groups in total. The van der Waals surface area contributed by atoms with Crippen molar-refractivity contribution in [2.45, 2.75) is 6.92 Å². The van der Waals surface area contributed by atoms with E-state index in [0.29, 0.717) is 22.8 Å². The van der Waals surface area contributed by atoms with E-state index in [2.05, 4.69) is 10.3 Å². The SMILES string of the molecule is CCNC(=O)c1cnc(-c2ccc(OC)c3oc4ccccc4c23)s1. The van der Waals surface area contributed by atoms with Crippen LogP contribution >= 0.6 is 11.3 Å². The van der Waals surface area contributed by atoms with Crippen molar-refractivity contribution < 1.29 is 13.9 Å². The van der Waals surface area contributed by atoms with Crippen LogP contribution < -0.4 is 10.1 Å². The Morgan fingerprint density at radius 1 is 1.28 bits per heavy atom. The predicted octanol–water partition coefficient (Wildman–Crippen LogP) is 4.47. The van der Waals surface area contributed by atoms with Gasteiger partial charge in [-0.1, -0.05) is 18.2 Å². The molecule has 0 fully saturated rings. The molecule has 1 amide bonds. The van der Waals surface area contributed by atoms with Gasteiger partial charge in [-0.15, -0.1) is 11.3 Å². The monoisotopic (exact) mass is 352 g/mol. The minimum atomic E-state index is -0.104. The fourth-order valence-corrected chi connectivity index (χ4v) is 3.76. The van der Waals surface area contributed by atoms with Crippen LogP contribution in [0.1, 0.15) is 16.6 Å². The number of carbonyl (C=O) groups excluding carboxylic acids is 1. The standard InChI is InChI=1S/C19H16N2O3S/c1-3-20-18(22)15-10-21-19(25-15)12-8-9-14(23-2)17-16(12)11-6-4-5-7-13(11)24-17/h4-10H,3H2,1-2H3,(H,20,22). The van der Waals surface area contributed by atoms with Crippen molar-refractivity contribution in [3.63, 3.8) is 0 Å². The van der Waals surface area contributed by atoms with Gasteiger partial charge >= 0.3 is 0 Å². The molecule has 25 heavy (non-hydrogen) atoms. The van der Waals surface area contributed by atoms with Crippen molar-refractivity contribution in [3.8, 4) is 16.3 Å². The Morgan fingerprint density at radius 3 is 2.92 bits per heavy atom. The highest BCUT2D eigenvalue weighted by atomic mass is 32.1. The number of para-hydroxylation sites is 1. The van der Waals surface area contributed by atoms with Crippen molar-refractivity contribution >= 4 is 39.2 Å². The van der Waals surface area contributed by atoms with Crippen molar-refractivity contribution in [1.29, 1.82) is 0 Å². The van der Waals surface area contributed by atoms with Gasteiger partial charge in [-0.2, -0.15) is 0 Å². The normalized spacial score (nSPS) is 11.1. The first-order chi connectivity index (χ1) is 12.2. The van der Waals surface area contributed by atoms with Crippen LogP contribution in [-0.2, 0) is 0 Å². The van der Waals surface area contributed by atoms with Gasteiger partial charge in [0.05, 0.1) is 13.3 Å². The molecule has 4 aromatic rings. The van der Waals surface area contributed by atoms with Crippen LogP contribution in [-0.4, -0.2) is 24.5 Å². The first-order valence-electron chi connectivity index (χ1n) is 7.95. The van der Waals surface area contributed by atoms with Crippen molar-refractivity contribution in [3.05, 3.63) is 47.5 Å². The lowest BCUT2D eigenvalue weighted by Gasteiger charge is -2.04. The van der Waals surface area contributed by atoms with Crippen molar-refractivity contribution in [2.24, 2.45) is 0 Å². The molecule has 0 saturated carbocycles. The van der Waals surface area contributed by atoms with Gasteiger partial charge < -0.3 is 14.5 Å². The molecule has 5 nitrogen and oxygen atoms in total. The number of methoxy groups -OCH3 is 1. The van der Waals surface area contributed by atoms with E-state index in [1.807, 2.05) is 43.3 Å². The summed E-state index contributed by atoms with van der Waals surface area (Å²) in [6, 6.07) is 11.7. The van der Waals surface area contributed by atoms with E-state index in [4.69, 9.17) is 9.15 Å². The number of fused-ring (bicyclic) bond motifs is 3. The second kappa shape index (κ2) is 6.22. The molecular weight excluding hydrogens is 336 g/mol. The van der Waals surface area contributed by atoms with E-state index in [9.17, 15) is 4.79 Å². The molecule has 2 aromatic heterocycles. The van der Waals surface area contributed by atoms with Crippen LogP contribution in [0.25, 0.3) is 32.5 Å². The maximum Gasteiger partial charge on any atom is 0.263 e. The fourth-order valence-electron chi connectivity index (χ4n) is 2.89. The quantitative estimate of drug-likeness (QED) is 0.589. The molecule has 0 aliphatic carbocycles. The number of benzene rings is 2. The maximum atomic E-state index is 12.0. The number of furan rings is 1. The summed E-state index contributed by atoms with van der Waals surface area (Å²) in [5.74, 6) is 0.573. The molecule has 4 rings (SSSR count). The molecule has 0 atom stereocenters. The lowest BCUT2D eigenvalue weighted by Crippen LogP contribution is -2.21. The van der Waals surface area contributed by atoms with Gasteiger partial charge in [-0.3, -0.25) is 4.79 Å². The van der Waals surface area contributed by atoms with E-state index in [1.54, 1.807) is 13.3 Å². The van der Waals surface area contributed by atoms with Gasteiger partial charge in [0, 0.05) is 22.9 Å². The highest BCUT2D eigenvalue weighted by Gasteiger charge is 2.19. The van der Waals surface area contributed by atoms with Crippen LogP contribution in [0, 0.1) is 0 Å². The zero-order valence-electron chi connectivity index (χ0n) is 13.8. The Kier molecular flexibility index (Phi) is 3.89. The largest absolute Gasteiger partial charge is 0.493 e. The summed E-state index contributed by atoms with van der Waals surface area (Å²) in [5.41, 5.74) is 2.42. The van der Waals surface area contributed by atoms with Crippen LogP contribution in [0.2, 0.25) is 0 Å². The number of aromatic nitrogens is 1. The first-order valence-corrected chi connectivity index (χ1v) is 8.77. The average Bonchev–Trinajstić information content (AvgIpc) is 3.26. The Bertz CT molecular complexity index is 1080. The van der Waals surface area contributed by atoms with E-state index in [1.165, 1.54) is 11.3 Å². The van der Waals surface area contributed by atoms with Gasteiger partial charge in [-0.25, -0.2) is 4.98 Å². The van der Waals surface area contributed by atoms with Gasteiger partial charge in [0.1, 0.15) is 15.5 Å². The summed E-state index contributed by atoms with van der Waals surface area (Å²) in [6.45, 7) is 2.48. The molecule has 2 aromatic carbocycles. The molecule has 0 unspecified atom stereocenters. The maximum absolute atomic E-state index is 12.0. The Morgan fingerprint density at radius 2 is 2.12 bits per heavy atom. The summed E-state index contributed by atoms with van der Waals surface area (Å²) in [4.78, 5) is 17.1. The number of carbonyl (C=O) groups is 1. The van der Waals surface area contributed by atoms with E-state index in [-0.39, 0.29) is 5.91 Å². The first kappa shape index (κ1) is 15.7. The minimum absolute atomic E-state index is 0.104. The fraction of sp³-hybridized carbons (Fsp3) is 0.158. The Hall–Kier alpha value is -2.86. The van der Waals surface area contributed by atoms with Crippen molar-refractivity contribution in [2.75, 3.05) is 13.7 Å². The summed E-state index contributed by atoms with van der Waals surface area (Å²) >= 11 is 1.37. The Labute approximate surface area is 148 Å². The number of nitrogens with zero attached hydrogens (tertiary/aromatic N) is 1. The third-order valence-electron chi connectivity index (χ3n) is 4.01.